The van der Waals surface area contributed by atoms with Gasteiger partial charge < -0.3 is 15.5 Å². The van der Waals surface area contributed by atoms with Crippen molar-refractivity contribution in [3.8, 4) is 0 Å². The SMILES string of the molecule is CC(C)C[C@H](NC(=O)[C@H]1CCN(CC(C)C)C1)C(=O)Nc1ccn[nH]1. The van der Waals surface area contributed by atoms with Gasteiger partial charge in [-0.15, -0.1) is 0 Å². The molecule has 2 amide bonds. The monoisotopic (exact) mass is 349 g/mol. The molecule has 1 fully saturated rings. The molecule has 0 radical (unpaired) electrons. The standard InChI is InChI=1S/C18H31N5O2/c1-12(2)9-15(18(25)21-16-5-7-19-22-16)20-17(24)14-6-8-23(11-14)10-13(3)4/h5,7,12-15H,6,8-11H2,1-4H3,(H,20,24)(H2,19,21,22,25)/t14-,15-/m0/s1. The lowest BCUT2D eigenvalue weighted by molar-refractivity contribution is -0.129. The summed E-state index contributed by atoms with van der Waals surface area (Å²) >= 11 is 0. The van der Waals surface area contributed by atoms with Gasteiger partial charge in [-0.3, -0.25) is 14.7 Å². The average molecular weight is 349 g/mol. The molecule has 2 atom stereocenters. The molecule has 0 aromatic carbocycles. The summed E-state index contributed by atoms with van der Waals surface area (Å²) in [7, 11) is 0. The number of nitrogens with zero attached hydrogens (tertiary/aromatic N) is 2. The first-order chi connectivity index (χ1) is 11.8. The quantitative estimate of drug-likeness (QED) is 0.668. The van der Waals surface area contributed by atoms with Crippen LogP contribution >= 0.6 is 0 Å². The summed E-state index contributed by atoms with van der Waals surface area (Å²) in [5.74, 6) is 1.18. The van der Waals surface area contributed by atoms with Gasteiger partial charge >= 0.3 is 0 Å². The summed E-state index contributed by atoms with van der Waals surface area (Å²) in [6, 6.07) is 1.15. The Balaban J connectivity index is 1.92. The average Bonchev–Trinajstić information content (AvgIpc) is 3.17. The van der Waals surface area contributed by atoms with E-state index in [2.05, 4.69) is 39.6 Å². The summed E-state index contributed by atoms with van der Waals surface area (Å²) in [5, 5.41) is 12.3. The molecule has 3 N–H and O–H groups in total. The Hall–Kier alpha value is -1.89. The molecule has 140 valence electrons. The van der Waals surface area contributed by atoms with Gasteiger partial charge in [-0.2, -0.15) is 5.10 Å². The normalized spacial score (nSPS) is 19.4. The van der Waals surface area contributed by atoms with Crippen LogP contribution in [0.25, 0.3) is 0 Å². The predicted molar refractivity (Wildman–Crippen MR) is 98.0 cm³/mol. The molecule has 7 heteroatoms. The molecule has 2 heterocycles. The van der Waals surface area contributed by atoms with E-state index in [0.717, 1.165) is 26.1 Å². The van der Waals surface area contributed by atoms with Crippen molar-refractivity contribution < 1.29 is 9.59 Å². The summed E-state index contributed by atoms with van der Waals surface area (Å²) in [6.07, 6.45) is 3.04. The van der Waals surface area contributed by atoms with E-state index >= 15 is 0 Å². The second-order valence-corrected chi connectivity index (χ2v) is 7.79. The van der Waals surface area contributed by atoms with Crippen molar-refractivity contribution in [2.75, 3.05) is 25.0 Å². The minimum absolute atomic E-state index is 0.0170. The molecule has 0 bridgehead atoms. The van der Waals surface area contributed by atoms with Crippen LogP contribution in [0.15, 0.2) is 12.3 Å². The van der Waals surface area contributed by atoms with Gasteiger partial charge in [0.15, 0.2) is 0 Å². The number of hydrogen-bond donors (Lipinski definition) is 3. The van der Waals surface area contributed by atoms with Gasteiger partial charge in [-0.25, -0.2) is 0 Å². The minimum Gasteiger partial charge on any atom is -0.344 e. The van der Waals surface area contributed by atoms with Gasteiger partial charge in [0.05, 0.1) is 12.1 Å². The van der Waals surface area contributed by atoms with E-state index in [1.54, 1.807) is 12.3 Å². The maximum absolute atomic E-state index is 12.6. The molecule has 0 saturated carbocycles. The zero-order valence-electron chi connectivity index (χ0n) is 15.7. The summed E-state index contributed by atoms with van der Waals surface area (Å²) in [4.78, 5) is 27.5. The van der Waals surface area contributed by atoms with E-state index in [-0.39, 0.29) is 17.7 Å². The number of likely N-dealkylation sites (tertiary alicyclic amines) is 1. The molecular weight excluding hydrogens is 318 g/mol. The third-order valence-corrected chi connectivity index (χ3v) is 4.37. The maximum atomic E-state index is 12.6. The summed E-state index contributed by atoms with van der Waals surface area (Å²) < 4.78 is 0. The Kier molecular flexibility index (Phi) is 6.99. The highest BCUT2D eigenvalue weighted by Gasteiger charge is 2.31. The maximum Gasteiger partial charge on any atom is 0.248 e. The van der Waals surface area contributed by atoms with E-state index in [1.807, 2.05) is 13.8 Å². The number of carbonyl (C=O) groups excluding carboxylic acids is 2. The minimum atomic E-state index is -0.532. The predicted octanol–water partition coefficient (Wildman–Crippen LogP) is 1.86. The molecule has 25 heavy (non-hydrogen) atoms. The first-order valence-corrected chi connectivity index (χ1v) is 9.18. The van der Waals surface area contributed by atoms with Gasteiger partial charge in [-0.05, 0) is 31.2 Å². The van der Waals surface area contributed by atoms with Crippen molar-refractivity contribution in [3.05, 3.63) is 12.3 Å². The molecule has 2 rings (SSSR count). The number of rotatable bonds is 8. The molecule has 0 aliphatic carbocycles. The highest BCUT2D eigenvalue weighted by atomic mass is 16.2. The number of aromatic nitrogens is 2. The second-order valence-electron chi connectivity index (χ2n) is 7.79. The smallest absolute Gasteiger partial charge is 0.248 e. The van der Waals surface area contributed by atoms with Crippen LogP contribution in [0.3, 0.4) is 0 Å². The lowest BCUT2D eigenvalue weighted by Crippen LogP contribution is -2.47. The second kappa shape index (κ2) is 8.99. The van der Waals surface area contributed by atoms with Crippen LogP contribution in [-0.2, 0) is 9.59 Å². The number of carbonyl (C=O) groups is 2. The van der Waals surface area contributed by atoms with Gasteiger partial charge in [0.25, 0.3) is 0 Å². The van der Waals surface area contributed by atoms with E-state index in [1.165, 1.54) is 0 Å². The van der Waals surface area contributed by atoms with Crippen molar-refractivity contribution in [2.45, 2.75) is 46.6 Å². The van der Waals surface area contributed by atoms with Crippen LogP contribution < -0.4 is 10.6 Å². The Morgan fingerprint density at radius 2 is 2.08 bits per heavy atom. The van der Waals surface area contributed by atoms with Crippen molar-refractivity contribution in [2.24, 2.45) is 17.8 Å². The zero-order valence-corrected chi connectivity index (χ0v) is 15.7. The van der Waals surface area contributed by atoms with Gasteiger partial charge in [-0.1, -0.05) is 27.7 Å². The van der Waals surface area contributed by atoms with Gasteiger partial charge in [0.1, 0.15) is 11.9 Å². The Morgan fingerprint density at radius 1 is 1.32 bits per heavy atom. The highest BCUT2D eigenvalue weighted by molar-refractivity contribution is 5.96. The lowest BCUT2D eigenvalue weighted by Gasteiger charge is -2.22. The van der Waals surface area contributed by atoms with E-state index in [4.69, 9.17) is 0 Å². The van der Waals surface area contributed by atoms with E-state index in [0.29, 0.717) is 24.1 Å². The number of H-pyrrole nitrogens is 1. The highest BCUT2D eigenvalue weighted by Crippen LogP contribution is 2.18. The molecule has 1 aliphatic heterocycles. The first-order valence-electron chi connectivity index (χ1n) is 9.18. The molecular formula is C18H31N5O2. The number of amides is 2. The zero-order chi connectivity index (χ0) is 18.4. The number of anilines is 1. The fraction of sp³-hybridized carbons (Fsp3) is 0.722. The Morgan fingerprint density at radius 3 is 2.68 bits per heavy atom. The van der Waals surface area contributed by atoms with Crippen LogP contribution in [0.5, 0.6) is 0 Å². The fourth-order valence-electron chi connectivity index (χ4n) is 3.27. The topological polar surface area (TPSA) is 90.1 Å². The molecule has 0 unspecified atom stereocenters. The Labute approximate surface area is 149 Å². The van der Waals surface area contributed by atoms with Crippen LogP contribution in [0.2, 0.25) is 0 Å². The molecule has 1 saturated heterocycles. The van der Waals surface area contributed by atoms with Gasteiger partial charge in [0.2, 0.25) is 11.8 Å². The third kappa shape index (κ3) is 6.16. The first kappa shape index (κ1) is 19.4. The van der Waals surface area contributed by atoms with Crippen LogP contribution in [0, 0.1) is 17.8 Å². The Bertz CT molecular complexity index is 556. The third-order valence-electron chi connectivity index (χ3n) is 4.37. The summed E-state index contributed by atoms with van der Waals surface area (Å²) in [6.45, 7) is 11.2. The molecule has 7 nitrogen and oxygen atoms in total. The van der Waals surface area contributed by atoms with Crippen molar-refractivity contribution in [1.82, 2.24) is 20.4 Å². The summed E-state index contributed by atoms with van der Waals surface area (Å²) in [5.41, 5.74) is 0. The molecule has 1 aromatic heterocycles. The lowest BCUT2D eigenvalue weighted by atomic mass is 10.0. The van der Waals surface area contributed by atoms with Crippen LogP contribution in [0.4, 0.5) is 5.82 Å². The number of nitrogens with one attached hydrogen (secondary N) is 3. The number of aromatic amines is 1. The van der Waals surface area contributed by atoms with Crippen LogP contribution in [-0.4, -0.2) is 52.6 Å². The fourth-order valence-corrected chi connectivity index (χ4v) is 3.27. The molecule has 1 aliphatic rings. The van der Waals surface area contributed by atoms with E-state index in [9.17, 15) is 9.59 Å². The van der Waals surface area contributed by atoms with Crippen LogP contribution in [0.1, 0.15) is 40.5 Å². The molecule has 0 spiro atoms. The van der Waals surface area contributed by atoms with Crippen molar-refractivity contribution in [3.63, 3.8) is 0 Å². The van der Waals surface area contributed by atoms with Gasteiger partial charge in [0, 0.05) is 19.2 Å². The van der Waals surface area contributed by atoms with Crippen molar-refractivity contribution >= 4 is 17.6 Å². The number of hydrogen-bond acceptors (Lipinski definition) is 4. The molecule has 1 aromatic rings. The van der Waals surface area contributed by atoms with E-state index < -0.39 is 6.04 Å². The van der Waals surface area contributed by atoms with Crippen molar-refractivity contribution in [1.29, 1.82) is 0 Å². The largest absolute Gasteiger partial charge is 0.344 e.